The van der Waals surface area contributed by atoms with E-state index in [4.69, 9.17) is 21.9 Å². The number of carbonyl (C=O) groups is 1. The molecule has 0 spiro atoms. The molecule has 5 N–H and O–H groups in total. The SMILES string of the molecule is O=C(NC(CNO)c1ncc(CO)s1)c1ccc(-c2cc(F)c(Cl)c(F)c2)[nH]1. The van der Waals surface area contributed by atoms with Gasteiger partial charge in [0.15, 0.2) is 0 Å². The second-order valence-corrected chi connectivity index (χ2v) is 7.28. The van der Waals surface area contributed by atoms with Crippen molar-refractivity contribution in [3.63, 3.8) is 0 Å². The van der Waals surface area contributed by atoms with E-state index >= 15 is 0 Å². The summed E-state index contributed by atoms with van der Waals surface area (Å²) in [5.41, 5.74) is 2.65. The summed E-state index contributed by atoms with van der Waals surface area (Å²) in [6, 6.07) is 4.43. The molecule has 0 saturated heterocycles. The van der Waals surface area contributed by atoms with E-state index in [1.165, 1.54) is 29.7 Å². The van der Waals surface area contributed by atoms with E-state index < -0.39 is 28.6 Å². The zero-order valence-corrected chi connectivity index (χ0v) is 15.7. The Labute approximate surface area is 167 Å². The van der Waals surface area contributed by atoms with Gasteiger partial charge >= 0.3 is 0 Å². The maximum Gasteiger partial charge on any atom is 0.268 e. The topological polar surface area (TPSA) is 110 Å². The standard InChI is InChI=1S/C17H15ClF2N4O3S/c18-15-10(19)3-8(4-11(15)20)12-1-2-13(23-12)16(26)24-14(6-22-27)17-21-5-9(7-25)28-17/h1-5,14,22-23,25,27H,6-7H2,(H,24,26). The van der Waals surface area contributed by atoms with Crippen LogP contribution in [0, 0.1) is 11.6 Å². The molecule has 0 radical (unpaired) electrons. The lowest BCUT2D eigenvalue weighted by Gasteiger charge is -2.15. The Bertz CT molecular complexity index is 971. The summed E-state index contributed by atoms with van der Waals surface area (Å²) in [5, 5.41) is 20.7. The summed E-state index contributed by atoms with van der Waals surface area (Å²) < 4.78 is 27.3. The Morgan fingerprint density at radius 3 is 2.64 bits per heavy atom. The van der Waals surface area contributed by atoms with Gasteiger partial charge in [-0.05, 0) is 24.3 Å². The number of aromatic nitrogens is 2. The van der Waals surface area contributed by atoms with Crippen LogP contribution in [0.3, 0.4) is 0 Å². The van der Waals surface area contributed by atoms with Crippen molar-refractivity contribution in [3.05, 3.63) is 62.7 Å². The lowest BCUT2D eigenvalue weighted by molar-refractivity contribution is 0.0912. The average Bonchev–Trinajstić information content (AvgIpc) is 3.35. The number of nitrogens with zero attached hydrogens (tertiary/aromatic N) is 1. The number of benzene rings is 1. The molecule has 2 aromatic heterocycles. The number of hydroxylamine groups is 1. The van der Waals surface area contributed by atoms with Crippen molar-refractivity contribution in [2.75, 3.05) is 6.54 Å². The van der Waals surface area contributed by atoms with Gasteiger partial charge in [0.1, 0.15) is 27.4 Å². The molecule has 0 aliphatic heterocycles. The third kappa shape index (κ3) is 4.37. The molecule has 7 nitrogen and oxygen atoms in total. The largest absolute Gasteiger partial charge is 0.391 e. The summed E-state index contributed by atoms with van der Waals surface area (Å²) in [6.07, 6.45) is 1.48. The molecule has 0 aliphatic rings. The Balaban J connectivity index is 1.79. The number of aliphatic hydroxyl groups excluding tert-OH is 1. The van der Waals surface area contributed by atoms with Crippen molar-refractivity contribution in [3.8, 4) is 11.3 Å². The van der Waals surface area contributed by atoms with Crippen molar-refractivity contribution in [1.82, 2.24) is 20.8 Å². The fourth-order valence-electron chi connectivity index (χ4n) is 2.49. The van der Waals surface area contributed by atoms with Crippen molar-refractivity contribution in [2.45, 2.75) is 12.6 Å². The Hall–Kier alpha value is -2.37. The van der Waals surface area contributed by atoms with Crippen LogP contribution < -0.4 is 10.8 Å². The summed E-state index contributed by atoms with van der Waals surface area (Å²) in [6.45, 7) is -0.190. The number of hydrogen-bond acceptors (Lipinski definition) is 6. The van der Waals surface area contributed by atoms with E-state index in [0.717, 1.165) is 12.1 Å². The van der Waals surface area contributed by atoms with Crippen LogP contribution in [0.15, 0.2) is 30.5 Å². The number of halogens is 3. The van der Waals surface area contributed by atoms with Gasteiger partial charge < -0.3 is 20.6 Å². The number of hydrogen-bond donors (Lipinski definition) is 5. The molecule has 1 atom stereocenters. The third-order valence-corrected chi connectivity index (χ3v) is 5.31. The van der Waals surface area contributed by atoms with Gasteiger partial charge in [0.25, 0.3) is 5.91 Å². The normalized spacial score (nSPS) is 12.2. The van der Waals surface area contributed by atoms with Gasteiger partial charge in [-0.2, -0.15) is 0 Å². The molecule has 3 aromatic rings. The van der Waals surface area contributed by atoms with Crippen LogP contribution in [0.1, 0.15) is 26.4 Å². The maximum atomic E-state index is 13.6. The van der Waals surface area contributed by atoms with Gasteiger partial charge in [-0.25, -0.2) is 19.2 Å². The van der Waals surface area contributed by atoms with E-state index in [2.05, 4.69) is 15.3 Å². The monoisotopic (exact) mass is 428 g/mol. The highest BCUT2D eigenvalue weighted by Gasteiger charge is 2.20. The summed E-state index contributed by atoms with van der Waals surface area (Å²) in [4.78, 5) is 20.0. The quantitative estimate of drug-likeness (QED) is 0.293. The molecule has 0 bridgehead atoms. The molecule has 28 heavy (non-hydrogen) atoms. The molecule has 0 aliphatic carbocycles. The van der Waals surface area contributed by atoms with E-state index in [0.29, 0.717) is 15.6 Å². The maximum absolute atomic E-state index is 13.6. The molecular weight excluding hydrogens is 414 g/mol. The van der Waals surface area contributed by atoms with Gasteiger partial charge in [0.05, 0.1) is 17.5 Å². The molecular formula is C17H15ClF2N4O3S. The molecule has 2 heterocycles. The van der Waals surface area contributed by atoms with Crippen molar-refractivity contribution < 1.29 is 23.9 Å². The number of nitrogens with one attached hydrogen (secondary N) is 3. The first-order valence-electron chi connectivity index (χ1n) is 8.00. The number of rotatable bonds is 7. The smallest absolute Gasteiger partial charge is 0.268 e. The van der Waals surface area contributed by atoms with Crippen molar-refractivity contribution in [1.29, 1.82) is 0 Å². The number of thiazole rings is 1. The first-order valence-corrected chi connectivity index (χ1v) is 9.19. The van der Waals surface area contributed by atoms with Crippen molar-refractivity contribution >= 4 is 28.8 Å². The third-order valence-electron chi connectivity index (χ3n) is 3.85. The fourth-order valence-corrected chi connectivity index (χ4v) is 3.43. The number of aliphatic hydroxyl groups is 1. The minimum absolute atomic E-state index is 0.00864. The molecule has 1 amide bonds. The van der Waals surface area contributed by atoms with E-state index in [1.54, 1.807) is 0 Å². The zero-order chi connectivity index (χ0) is 20.3. The van der Waals surface area contributed by atoms with Gasteiger partial charge in [-0.15, -0.1) is 11.3 Å². The number of H-pyrrole nitrogens is 1. The first-order chi connectivity index (χ1) is 13.4. The van der Waals surface area contributed by atoms with Gasteiger partial charge in [0, 0.05) is 24.0 Å². The Morgan fingerprint density at radius 2 is 2.04 bits per heavy atom. The van der Waals surface area contributed by atoms with Crippen LogP contribution in [-0.2, 0) is 6.61 Å². The number of carbonyl (C=O) groups excluding carboxylic acids is 1. The van der Waals surface area contributed by atoms with E-state index in [-0.39, 0.29) is 24.4 Å². The highest BCUT2D eigenvalue weighted by Crippen LogP contribution is 2.27. The van der Waals surface area contributed by atoms with Crippen LogP contribution in [0.25, 0.3) is 11.3 Å². The number of amides is 1. The summed E-state index contributed by atoms with van der Waals surface area (Å²) in [7, 11) is 0. The summed E-state index contributed by atoms with van der Waals surface area (Å²) >= 11 is 6.67. The molecule has 3 rings (SSSR count). The van der Waals surface area contributed by atoms with Crippen LogP contribution in [0.2, 0.25) is 5.02 Å². The second kappa shape index (κ2) is 8.76. The highest BCUT2D eigenvalue weighted by atomic mass is 35.5. The molecule has 0 saturated carbocycles. The van der Waals surface area contributed by atoms with Crippen LogP contribution >= 0.6 is 22.9 Å². The van der Waals surface area contributed by atoms with Crippen LogP contribution in [0.4, 0.5) is 8.78 Å². The fraction of sp³-hybridized carbons (Fsp3) is 0.176. The molecule has 1 aromatic carbocycles. The number of aromatic amines is 1. The minimum atomic E-state index is -0.908. The molecule has 148 valence electrons. The lowest BCUT2D eigenvalue weighted by Crippen LogP contribution is -2.34. The van der Waals surface area contributed by atoms with Crippen LogP contribution in [-0.4, -0.2) is 32.7 Å². The van der Waals surface area contributed by atoms with Crippen LogP contribution in [0.5, 0.6) is 0 Å². The predicted octanol–water partition coefficient (Wildman–Crippen LogP) is 3.01. The highest BCUT2D eigenvalue weighted by molar-refractivity contribution is 7.11. The van der Waals surface area contributed by atoms with E-state index in [1.807, 2.05) is 5.48 Å². The molecule has 1 unspecified atom stereocenters. The average molecular weight is 429 g/mol. The van der Waals surface area contributed by atoms with Gasteiger partial charge in [-0.3, -0.25) is 4.79 Å². The first kappa shape index (κ1) is 20.4. The lowest BCUT2D eigenvalue weighted by atomic mass is 10.1. The molecule has 0 fully saturated rings. The minimum Gasteiger partial charge on any atom is -0.391 e. The predicted molar refractivity (Wildman–Crippen MR) is 99.2 cm³/mol. The zero-order valence-electron chi connectivity index (χ0n) is 14.2. The van der Waals surface area contributed by atoms with E-state index in [9.17, 15) is 13.6 Å². The summed E-state index contributed by atoms with van der Waals surface area (Å²) in [5.74, 6) is -2.33. The van der Waals surface area contributed by atoms with Crippen molar-refractivity contribution in [2.24, 2.45) is 0 Å². The van der Waals surface area contributed by atoms with Gasteiger partial charge in [0.2, 0.25) is 0 Å². The van der Waals surface area contributed by atoms with Gasteiger partial charge in [-0.1, -0.05) is 11.6 Å². The Kier molecular flexibility index (Phi) is 6.37. The Morgan fingerprint density at radius 1 is 1.32 bits per heavy atom. The molecule has 11 heteroatoms. The second-order valence-electron chi connectivity index (χ2n) is 5.75.